The zero-order valence-corrected chi connectivity index (χ0v) is 15.6. The van der Waals surface area contributed by atoms with Crippen molar-refractivity contribution in [2.45, 2.75) is 6.92 Å². The molecule has 0 atom stereocenters. The molecular weight excluding hydrogens is 389 g/mol. The summed E-state index contributed by atoms with van der Waals surface area (Å²) < 4.78 is 13.6. The van der Waals surface area contributed by atoms with Crippen LogP contribution in [0, 0.1) is 12.7 Å². The first-order chi connectivity index (χ1) is 11.8. The van der Waals surface area contributed by atoms with Gasteiger partial charge in [-0.15, -0.1) is 0 Å². The fourth-order valence-electron chi connectivity index (χ4n) is 2.19. The molecule has 2 aromatic carbocycles. The lowest BCUT2D eigenvalue weighted by molar-refractivity contribution is -0.119. The van der Waals surface area contributed by atoms with Crippen LogP contribution >= 0.6 is 15.9 Å². The van der Waals surface area contributed by atoms with Gasteiger partial charge in [0.05, 0.1) is 18.8 Å². The second kappa shape index (κ2) is 8.73. The summed E-state index contributed by atoms with van der Waals surface area (Å²) in [7, 11) is 1.67. The van der Waals surface area contributed by atoms with Gasteiger partial charge in [0, 0.05) is 10.2 Å². The van der Waals surface area contributed by atoms with E-state index in [2.05, 4.69) is 26.6 Å². The number of anilines is 2. The van der Waals surface area contributed by atoms with E-state index in [1.165, 1.54) is 24.3 Å². The molecule has 0 radical (unpaired) electrons. The van der Waals surface area contributed by atoms with E-state index in [-0.39, 0.29) is 30.7 Å². The topological polar surface area (TPSA) is 61.4 Å². The van der Waals surface area contributed by atoms with Crippen molar-refractivity contribution in [3.05, 3.63) is 58.3 Å². The van der Waals surface area contributed by atoms with Crippen LogP contribution in [0.2, 0.25) is 0 Å². The molecule has 25 heavy (non-hydrogen) atoms. The number of nitrogens with zero attached hydrogens (tertiary/aromatic N) is 1. The van der Waals surface area contributed by atoms with Gasteiger partial charge in [-0.05, 0) is 71.9 Å². The minimum atomic E-state index is -0.367. The standard InChI is InChI=1S/C18H19BrFN3O2/c1-12-3-8-16(15(19)9-12)22-18(25)11-23(2)10-17(24)21-14-6-4-13(20)5-7-14/h3-9H,10-11H2,1-2H3,(H,21,24)(H,22,25). The molecule has 132 valence electrons. The first-order valence-corrected chi connectivity index (χ1v) is 8.43. The lowest BCUT2D eigenvalue weighted by Crippen LogP contribution is -2.36. The summed E-state index contributed by atoms with van der Waals surface area (Å²) >= 11 is 3.41. The van der Waals surface area contributed by atoms with Gasteiger partial charge in [-0.3, -0.25) is 14.5 Å². The Hall–Kier alpha value is -2.25. The van der Waals surface area contributed by atoms with E-state index in [1.54, 1.807) is 11.9 Å². The van der Waals surface area contributed by atoms with Crippen LogP contribution in [0.5, 0.6) is 0 Å². The number of hydrogen-bond acceptors (Lipinski definition) is 3. The maximum absolute atomic E-state index is 12.8. The van der Waals surface area contributed by atoms with Gasteiger partial charge in [0.15, 0.2) is 0 Å². The van der Waals surface area contributed by atoms with E-state index < -0.39 is 0 Å². The van der Waals surface area contributed by atoms with Gasteiger partial charge >= 0.3 is 0 Å². The third-order valence-electron chi connectivity index (χ3n) is 3.35. The smallest absolute Gasteiger partial charge is 0.238 e. The molecule has 2 N–H and O–H groups in total. The molecule has 0 aliphatic rings. The largest absolute Gasteiger partial charge is 0.325 e. The Morgan fingerprint density at radius 2 is 1.64 bits per heavy atom. The monoisotopic (exact) mass is 407 g/mol. The van der Waals surface area contributed by atoms with Gasteiger partial charge in [-0.25, -0.2) is 4.39 Å². The molecule has 0 unspecified atom stereocenters. The van der Waals surface area contributed by atoms with Crippen molar-refractivity contribution in [3.8, 4) is 0 Å². The molecule has 2 aromatic rings. The van der Waals surface area contributed by atoms with E-state index in [4.69, 9.17) is 0 Å². The quantitative estimate of drug-likeness (QED) is 0.770. The molecule has 2 rings (SSSR count). The molecule has 0 aliphatic carbocycles. The van der Waals surface area contributed by atoms with E-state index in [1.807, 2.05) is 25.1 Å². The van der Waals surface area contributed by atoms with Gasteiger partial charge in [-0.2, -0.15) is 0 Å². The first kappa shape index (κ1) is 19.1. The number of carbonyl (C=O) groups excluding carboxylic acids is 2. The maximum atomic E-state index is 12.8. The normalized spacial score (nSPS) is 10.6. The van der Waals surface area contributed by atoms with Crippen molar-refractivity contribution in [1.29, 1.82) is 0 Å². The van der Waals surface area contributed by atoms with Gasteiger partial charge in [-0.1, -0.05) is 6.07 Å². The van der Waals surface area contributed by atoms with Crippen LogP contribution in [0.15, 0.2) is 46.9 Å². The van der Waals surface area contributed by atoms with Crippen molar-refractivity contribution in [2.75, 3.05) is 30.8 Å². The highest BCUT2D eigenvalue weighted by Gasteiger charge is 2.12. The highest BCUT2D eigenvalue weighted by molar-refractivity contribution is 9.10. The molecule has 0 heterocycles. The highest BCUT2D eigenvalue weighted by Crippen LogP contribution is 2.23. The molecular formula is C18H19BrFN3O2. The van der Waals surface area contributed by atoms with Gasteiger partial charge < -0.3 is 10.6 Å². The molecule has 0 spiro atoms. The Balaban J connectivity index is 1.82. The predicted molar refractivity (Wildman–Crippen MR) is 100 cm³/mol. The fraction of sp³-hybridized carbons (Fsp3) is 0.222. The Kier molecular flexibility index (Phi) is 6.66. The predicted octanol–water partition coefficient (Wildman–Crippen LogP) is 3.41. The summed E-state index contributed by atoms with van der Waals surface area (Å²) in [4.78, 5) is 25.6. The summed E-state index contributed by atoms with van der Waals surface area (Å²) in [5, 5.41) is 5.45. The molecule has 5 nitrogen and oxygen atoms in total. The first-order valence-electron chi connectivity index (χ1n) is 7.63. The third-order valence-corrected chi connectivity index (χ3v) is 4.01. The molecule has 0 aliphatic heterocycles. The number of benzene rings is 2. The van der Waals surface area contributed by atoms with Crippen LogP contribution in [-0.2, 0) is 9.59 Å². The Morgan fingerprint density at radius 1 is 1.04 bits per heavy atom. The van der Waals surface area contributed by atoms with Crippen molar-refractivity contribution in [1.82, 2.24) is 4.90 Å². The number of carbonyl (C=O) groups is 2. The van der Waals surface area contributed by atoms with Crippen LogP contribution in [0.25, 0.3) is 0 Å². The average molecular weight is 408 g/mol. The minimum Gasteiger partial charge on any atom is -0.325 e. The minimum absolute atomic E-state index is 0.0415. The van der Waals surface area contributed by atoms with Crippen LogP contribution in [0.4, 0.5) is 15.8 Å². The van der Waals surface area contributed by atoms with Crippen LogP contribution in [0.1, 0.15) is 5.56 Å². The van der Waals surface area contributed by atoms with Crippen molar-refractivity contribution in [2.24, 2.45) is 0 Å². The second-order valence-electron chi connectivity index (χ2n) is 5.76. The molecule has 0 fully saturated rings. The van der Waals surface area contributed by atoms with Crippen LogP contribution < -0.4 is 10.6 Å². The number of likely N-dealkylation sites (N-methyl/N-ethyl adjacent to an activating group) is 1. The summed E-state index contributed by atoms with van der Waals surface area (Å²) in [5.74, 6) is -0.867. The highest BCUT2D eigenvalue weighted by atomic mass is 79.9. The van der Waals surface area contributed by atoms with Crippen LogP contribution in [0.3, 0.4) is 0 Å². The summed E-state index contributed by atoms with van der Waals surface area (Å²) in [6.07, 6.45) is 0. The second-order valence-corrected chi connectivity index (χ2v) is 6.61. The average Bonchev–Trinajstić information content (AvgIpc) is 2.52. The number of hydrogen-bond donors (Lipinski definition) is 2. The zero-order valence-electron chi connectivity index (χ0n) is 14.0. The van der Waals surface area contributed by atoms with E-state index in [0.717, 1.165) is 10.0 Å². The van der Waals surface area contributed by atoms with Crippen molar-refractivity contribution in [3.63, 3.8) is 0 Å². The Morgan fingerprint density at radius 3 is 2.24 bits per heavy atom. The number of halogens is 2. The van der Waals surface area contributed by atoms with Gasteiger partial charge in [0.2, 0.25) is 11.8 Å². The number of nitrogens with one attached hydrogen (secondary N) is 2. The number of amides is 2. The van der Waals surface area contributed by atoms with Crippen molar-refractivity contribution < 1.29 is 14.0 Å². The molecule has 0 saturated heterocycles. The molecule has 0 aromatic heterocycles. The SMILES string of the molecule is Cc1ccc(NC(=O)CN(C)CC(=O)Nc2ccc(F)cc2)c(Br)c1. The van der Waals surface area contributed by atoms with Crippen LogP contribution in [-0.4, -0.2) is 36.9 Å². The molecule has 7 heteroatoms. The Labute approximate surface area is 154 Å². The Bertz CT molecular complexity index is 765. The van der Waals surface area contributed by atoms with Gasteiger partial charge in [0.25, 0.3) is 0 Å². The number of aryl methyl sites for hydroxylation is 1. The van der Waals surface area contributed by atoms with E-state index >= 15 is 0 Å². The molecule has 2 amide bonds. The number of rotatable bonds is 6. The fourth-order valence-corrected chi connectivity index (χ4v) is 2.78. The third kappa shape index (κ3) is 6.28. The lowest BCUT2D eigenvalue weighted by Gasteiger charge is -2.16. The van der Waals surface area contributed by atoms with E-state index in [0.29, 0.717) is 11.4 Å². The zero-order chi connectivity index (χ0) is 18.4. The maximum Gasteiger partial charge on any atom is 0.238 e. The molecule has 0 saturated carbocycles. The van der Waals surface area contributed by atoms with Gasteiger partial charge in [0.1, 0.15) is 5.82 Å². The van der Waals surface area contributed by atoms with Crippen molar-refractivity contribution >= 4 is 39.1 Å². The molecule has 0 bridgehead atoms. The summed E-state index contributed by atoms with van der Waals surface area (Å²) in [6.45, 7) is 2.07. The van der Waals surface area contributed by atoms with E-state index in [9.17, 15) is 14.0 Å². The summed E-state index contributed by atoms with van der Waals surface area (Å²) in [6, 6.07) is 11.1. The lowest BCUT2D eigenvalue weighted by atomic mass is 10.2. The summed E-state index contributed by atoms with van der Waals surface area (Å²) in [5.41, 5.74) is 2.27.